The highest BCUT2D eigenvalue weighted by atomic mass is 35.5. The lowest BCUT2D eigenvalue weighted by molar-refractivity contribution is -0.139. The van der Waals surface area contributed by atoms with Crippen LogP contribution in [0.5, 0.6) is 0 Å². The lowest BCUT2D eigenvalue weighted by atomic mass is 9.96. The highest BCUT2D eigenvalue weighted by Gasteiger charge is 2.34. The van der Waals surface area contributed by atoms with Crippen molar-refractivity contribution in [1.29, 1.82) is 0 Å². The number of allylic oxidation sites excluding steroid dienone is 1. The van der Waals surface area contributed by atoms with Gasteiger partial charge in [-0.15, -0.1) is 0 Å². The number of nitrogens with zero attached hydrogens (tertiary/aromatic N) is 3. The van der Waals surface area contributed by atoms with Crippen LogP contribution in [0.4, 0.5) is 0 Å². The minimum atomic E-state index is -0.790. The summed E-state index contributed by atoms with van der Waals surface area (Å²) < 4.78 is 9.77. The van der Waals surface area contributed by atoms with E-state index in [1.807, 2.05) is 60.7 Å². The molecule has 0 amide bonds. The highest BCUT2D eigenvalue weighted by molar-refractivity contribution is 7.07. The summed E-state index contributed by atoms with van der Waals surface area (Å²) in [6.07, 6.45) is 1.94. The molecule has 6 aromatic rings. The van der Waals surface area contributed by atoms with Gasteiger partial charge >= 0.3 is 5.97 Å². The minimum absolute atomic E-state index is 0.194. The SMILES string of the molecule is CCOC(=O)C1=C(C)N=c2s/c(=C/c3cc(-c4ccccc4)n(-c4ccc(C)cc4)c3-c3ccccc3)c(=O)n2C1c1ccccc1Cl. The molecule has 7 rings (SSSR count). The maximum absolute atomic E-state index is 14.5. The molecule has 1 atom stereocenters. The third kappa shape index (κ3) is 5.65. The van der Waals surface area contributed by atoms with Crippen LogP contribution in [-0.4, -0.2) is 21.7 Å². The number of hydrogen-bond donors (Lipinski definition) is 0. The van der Waals surface area contributed by atoms with Gasteiger partial charge in [0.15, 0.2) is 4.80 Å². The lowest BCUT2D eigenvalue weighted by Gasteiger charge is -2.25. The fraction of sp³-hybridized carbons (Fsp3) is 0.125. The van der Waals surface area contributed by atoms with Crippen LogP contribution in [0, 0.1) is 6.92 Å². The summed E-state index contributed by atoms with van der Waals surface area (Å²) in [5, 5.41) is 0.447. The van der Waals surface area contributed by atoms with Gasteiger partial charge in [-0.05, 0) is 67.8 Å². The molecule has 0 saturated carbocycles. The third-order valence-electron chi connectivity index (χ3n) is 8.44. The van der Waals surface area contributed by atoms with E-state index in [-0.39, 0.29) is 12.2 Å². The van der Waals surface area contributed by atoms with Crippen molar-refractivity contribution in [3.05, 3.63) is 168 Å². The quantitative estimate of drug-likeness (QED) is 0.163. The summed E-state index contributed by atoms with van der Waals surface area (Å²) in [5.41, 5.74) is 8.21. The molecule has 0 radical (unpaired) electrons. The van der Waals surface area contributed by atoms with Gasteiger partial charge in [0.25, 0.3) is 5.56 Å². The van der Waals surface area contributed by atoms with Crippen LogP contribution in [0.25, 0.3) is 34.3 Å². The van der Waals surface area contributed by atoms with E-state index in [0.29, 0.717) is 31.2 Å². The molecule has 4 aromatic carbocycles. The molecule has 0 fully saturated rings. The molecule has 6 nitrogen and oxygen atoms in total. The Labute approximate surface area is 287 Å². The predicted molar refractivity (Wildman–Crippen MR) is 193 cm³/mol. The predicted octanol–water partition coefficient (Wildman–Crippen LogP) is 7.88. The molecular weight excluding hydrogens is 638 g/mol. The van der Waals surface area contributed by atoms with Crippen LogP contribution < -0.4 is 14.9 Å². The Kier molecular flexibility index (Phi) is 8.56. The van der Waals surface area contributed by atoms with Crippen molar-refractivity contribution in [2.24, 2.45) is 4.99 Å². The van der Waals surface area contributed by atoms with Crippen LogP contribution >= 0.6 is 22.9 Å². The van der Waals surface area contributed by atoms with E-state index in [1.54, 1.807) is 24.5 Å². The Hall–Kier alpha value is -5.24. The number of thiazole rings is 1. The Balaban J connectivity index is 1.52. The highest BCUT2D eigenvalue weighted by Crippen LogP contribution is 2.37. The minimum Gasteiger partial charge on any atom is -0.463 e. The number of aryl methyl sites for hydroxylation is 1. The average molecular weight is 670 g/mol. The number of halogens is 1. The van der Waals surface area contributed by atoms with Crippen molar-refractivity contribution in [1.82, 2.24) is 9.13 Å². The zero-order valence-corrected chi connectivity index (χ0v) is 28.3. The topological polar surface area (TPSA) is 65.6 Å². The normalized spacial score (nSPS) is 14.5. The van der Waals surface area contributed by atoms with Crippen molar-refractivity contribution in [3.8, 4) is 28.2 Å². The second-order valence-electron chi connectivity index (χ2n) is 11.6. The lowest BCUT2D eigenvalue weighted by Crippen LogP contribution is -2.40. The molecule has 1 aliphatic heterocycles. The number of ether oxygens (including phenoxy) is 1. The second-order valence-corrected chi connectivity index (χ2v) is 13.0. The van der Waals surface area contributed by atoms with Gasteiger partial charge in [0.2, 0.25) is 0 Å². The number of hydrogen-bond acceptors (Lipinski definition) is 5. The molecule has 0 saturated heterocycles. The Morgan fingerprint density at radius 3 is 2.21 bits per heavy atom. The van der Waals surface area contributed by atoms with E-state index in [4.69, 9.17) is 21.3 Å². The van der Waals surface area contributed by atoms with Gasteiger partial charge in [0, 0.05) is 16.3 Å². The number of aromatic nitrogens is 2. The molecule has 3 heterocycles. The molecule has 8 heteroatoms. The fourth-order valence-corrected chi connectivity index (χ4v) is 7.52. The van der Waals surface area contributed by atoms with Crippen molar-refractivity contribution in [3.63, 3.8) is 0 Å². The maximum Gasteiger partial charge on any atom is 0.338 e. The summed E-state index contributed by atoms with van der Waals surface area (Å²) in [6, 6.07) is 37.5. The van der Waals surface area contributed by atoms with Crippen LogP contribution in [-0.2, 0) is 9.53 Å². The molecule has 2 aromatic heterocycles. The number of benzene rings is 4. The number of carbonyl (C=O) groups excluding carboxylic acids is 1. The van der Waals surface area contributed by atoms with Crippen molar-refractivity contribution < 1.29 is 9.53 Å². The zero-order valence-electron chi connectivity index (χ0n) is 26.7. The first kappa shape index (κ1) is 31.4. The summed E-state index contributed by atoms with van der Waals surface area (Å²) in [5.74, 6) is -0.521. The summed E-state index contributed by atoms with van der Waals surface area (Å²) in [7, 11) is 0. The monoisotopic (exact) mass is 669 g/mol. The Bertz CT molecular complexity index is 2370. The molecule has 0 N–H and O–H groups in total. The molecule has 1 unspecified atom stereocenters. The van der Waals surface area contributed by atoms with Gasteiger partial charge in [-0.1, -0.05) is 119 Å². The van der Waals surface area contributed by atoms with Crippen LogP contribution in [0.2, 0.25) is 5.02 Å². The molecule has 48 heavy (non-hydrogen) atoms. The van der Waals surface area contributed by atoms with E-state index in [0.717, 1.165) is 33.8 Å². The first-order valence-corrected chi connectivity index (χ1v) is 16.9. The molecule has 0 bridgehead atoms. The van der Waals surface area contributed by atoms with Crippen molar-refractivity contribution in [2.45, 2.75) is 26.8 Å². The molecular formula is C40H32ClN3O3S. The summed E-state index contributed by atoms with van der Waals surface area (Å²) >= 11 is 8.01. The molecule has 1 aliphatic rings. The van der Waals surface area contributed by atoms with Gasteiger partial charge in [0.1, 0.15) is 6.04 Å². The number of carbonyl (C=O) groups is 1. The van der Waals surface area contributed by atoms with E-state index in [9.17, 15) is 9.59 Å². The second kappa shape index (κ2) is 13.1. The smallest absolute Gasteiger partial charge is 0.338 e. The molecule has 238 valence electrons. The van der Waals surface area contributed by atoms with E-state index in [2.05, 4.69) is 66.1 Å². The zero-order chi connectivity index (χ0) is 33.4. The standard InChI is InChI=1S/C40H32ClN3O3S/c1-4-47-39(46)35-26(3)42-40-44(37(35)31-17-11-12-18-32(31)41)38(45)34(48-40)24-29-23-33(27-13-7-5-8-14-27)43(30-21-19-25(2)20-22-30)36(29)28-15-9-6-10-16-28/h5-24,37H,4H2,1-3H3/b34-24+. The van der Waals surface area contributed by atoms with E-state index in [1.165, 1.54) is 16.9 Å². The van der Waals surface area contributed by atoms with Gasteiger partial charge in [0.05, 0.1) is 33.8 Å². The van der Waals surface area contributed by atoms with Crippen LogP contribution in [0.1, 0.15) is 36.6 Å². The Morgan fingerprint density at radius 2 is 1.54 bits per heavy atom. The first-order chi connectivity index (χ1) is 23.4. The van der Waals surface area contributed by atoms with Gasteiger partial charge in [-0.2, -0.15) is 0 Å². The van der Waals surface area contributed by atoms with Crippen LogP contribution in [0.15, 0.2) is 136 Å². The van der Waals surface area contributed by atoms with Crippen molar-refractivity contribution in [2.75, 3.05) is 6.61 Å². The molecule has 0 spiro atoms. The third-order valence-corrected chi connectivity index (χ3v) is 9.77. The first-order valence-electron chi connectivity index (χ1n) is 15.7. The van der Waals surface area contributed by atoms with Gasteiger partial charge in [-0.25, -0.2) is 9.79 Å². The van der Waals surface area contributed by atoms with Crippen LogP contribution in [0.3, 0.4) is 0 Å². The maximum atomic E-state index is 14.5. The van der Waals surface area contributed by atoms with Gasteiger partial charge < -0.3 is 9.30 Å². The van der Waals surface area contributed by atoms with Gasteiger partial charge in [-0.3, -0.25) is 9.36 Å². The summed E-state index contributed by atoms with van der Waals surface area (Å²) in [6.45, 7) is 5.80. The van der Waals surface area contributed by atoms with Crippen molar-refractivity contribution >= 4 is 35.0 Å². The number of fused-ring (bicyclic) bond motifs is 1. The fourth-order valence-electron chi connectivity index (χ4n) is 6.24. The number of esters is 1. The largest absolute Gasteiger partial charge is 0.463 e. The molecule has 0 aliphatic carbocycles. The Morgan fingerprint density at radius 1 is 0.896 bits per heavy atom. The number of rotatable bonds is 7. The summed E-state index contributed by atoms with van der Waals surface area (Å²) in [4.78, 5) is 33.1. The van der Waals surface area contributed by atoms with E-state index >= 15 is 0 Å². The average Bonchev–Trinajstić information content (AvgIpc) is 3.62. The van der Waals surface area contributed by atoms with E-state index < -0.39 is 12.0 Å².